The Labute approximate surface area is 125 Å². The van der Waals surface area contributed by atoms with Crippen LogP contribution in [0.4, 0.5) is 0 Å². The zero-order valence-electron chi connectivity index (χ0n) is 12.2. The Balaban J connectivity index is 2.38. The summed E-state index contributed by atoms with van der Waals surface area (Å²) in [5.41, 5.74) is 6.91. The third-order valence-corrected chi connectivity index (χ3v) is 3.58. The number of carbonyl (C=O) groups is 1. The number of nitrogens with two attached hydrogens (primary N) is 1. The fraction of sp³-hybridized carbons (Fsp3) is 0.533. The van der Waals surface area contributed by atoms with Gasteiger partial charge in [0.05, 0.1) is 12.6 Å². The normalized spacial score (nSPS) is 11.9. The molecule has 0 saturated heterocycles. The molecule has 0 aliphatic heterocycles. The maximum Gasteiger partial charge on any atom is 0.236 e. The number of para-hydroxylation sites is 1. The molecule has 0 spiro atoms. The molecular formula is C15H24N2O2S. The fourth-order valence-corrected chi connectivity index (χ4v) is 2.32. The lowest BCUT2D eigenvalue weighted by Crippen LogP contribution is -2.41. The first kappa shape index (κ1) is 16.9. The maximum absolute atomic E-state index is 11.8. The van der Waals surface area contributed by atoms with Crippen LogP contribution in [0.15, 0.2) is 24.3 Å². The summed E-state index contributed by atoms with van der Waals surface area (Å²) in [6, 6.07) is 7.48. The van der Waals surface area contributed by atoms with Gasteiger partial charge >= 0.3 is 0 Å². The molecule has 0 saturated carbocycles. The van der Waals surface area contributed by atoms with Crippen LogP contribution in [0.25, 0.3) is 0 Å². The summed E-state index contributed by atoms with van der Waals surface area (Å²) >= 11 is 1.70. The van der Waals surface area contributed by atoms with Gasteiger partial charge in [-0.15, -0.1) is 0 Å². The molecule has 0 unspecified atom stereocenters. The highest BCUT2D eigenvalue weighted by atomic mass is 32.2. The van der Waals surface area contributed by atoms with E-state index in [9.17, 15) is 4.79 Å². The Kier molecular flexibility index (Phi) is 8.14. The number of rotatable bonds is 9. The first-order valence-corrected chi connectivity index (χ1v) is 8.31. The van der Waals surface area contributed by atoms with E-state index in [0.29, 0.717) is 19.6 Å². The van der Waals surface area contributed by atoms with Crippen LogP contribution in [0.2, 0.25) is 0 Å². The zero-order valence-corrected chi connectivity index (χ0v) is 13.0. The van der Waals surface area contributed by atoms with Gasteiger partial charge in [-0.05, 0) is 43.4 Å². The molecule has 20 heavy (non-hydrogen) atoms. The third-order valence-electron chi connectivity index (χ3n) is 2.94. The van der Waals surface area contributed by atoms with E-state index in [2.05, 4.69) is 5.32 Å². The van der Waals surface area contributed by atoms with Crippen molar-refractivity contribution < 1.29 is 9.53 Å². The summed E-state index contributed by atoms with van der Waals surface area (Å²) in [6.45, 7) is 3.18. The minimum Gasteiger partial charge on any atom is -0.494 e. The Morgan fingerprint density at radius 3 is 2.90 bits per heavy atom. The molecule has 1 aromatic carbocycles. The highest BCUT2D eigenvalue weighted by Gasteiger charge is 2.12. The van der Waals surface area contributed by atoms with Crippen molar-refractivity contribution in [1.29, 1.82) is 0 Å². The zero-order chi connectivity index (χ0) is 14.8. The maximum atomic E-state index is 11.8. The van der Waals surface area contributed by atoms with Crippen molar-refractivity contribution in [3.63, 3.8) is 0 Å². The van der Waals surface area contributed by atoms with Crippen molar-refractivity contribution in [3.05, 3.63) is 29.8 Å². The lowest BCUT2D eigenvalue weighted by Gasteiger charge is -2.13. The van der Waals surface area contributed by atoms with E-state index in [4.69, 9.17) is 10.5 Å². The molecule has 1 atom stereocenters. The van der Waals surface area contributed by atoms with Gasteiger partial charge in [0.25, 0.3) is 0 Å². The lowest BCUT2D eigenvalue weighted by molar-refractivity contribution is -0.122. The third kappa shape index (κ3) is 5.84. The van der Waals surface area contributed by atoms with Crippen molar-refractivity contribution in [2.45, 2.75) is 25.8 Å². The summed E-state index contributed by atoms with van der Waals surface area (Å²) in [5.74, 6) is 1.71. The van der Waals surface area contributed by atoms with Crippen molar-refractivity contribution >= 4 is 17.7 Å². The van der Waals surface area contributed by atoms with Crippen LogP contribution < -0.4 is 15.8 Å². The summed E-state index contributed by atoms with van der Waals surface area (Å²) in [4.78, 5) is 11.8. The Morgan fingerprint density at radius 1 is 1.45 bits per heavy atom. The van der Waals surface area contributed by atoms with Crippen LogP contribution in [0.3, 0.4) is 0 Å². The number of carbonyl (C=O) groups excluding carboxylic acids is 1. The molecule has 0 aliphatic rings. The first-order valence-electron chi connectivity index (χ1n) is 6.92. The summed E-state index contributed by atoms with van der Waals surface area (Å²) in [7, 11) is 0. The molecule has 0 bridgehead atoms. The predicted octanol–water partition coefficient (Wildman–Crippen LogP) is 1.82. The second kappa shape index (κ2) is 9.66. The minimum atomic E-state index is -0.412. The molecule has 0 aliphatic carbocycles. The number of nitrogens with one attached hydrogen (secondary N) is 1. The summed E-state index contributed by atoms with van der Waals surface area (Å²) < 4.78 is 5.55. The monoisotopic (exact) mass is 296 g/mol. The molecule has 112 valence electrons. The van der Waals surface area contributed by atoms with Gasteiger partial charge < -0.3 is 15.8 Å². The van der Waals surface area contributed by atoms with Gasteiger partial charge in [-0.2, -0.15) is 11.8 Å². The van der Waals surface area contributed by atoms with Crippen molar-refractivity contribution in [1.82, 2.24) is 5.32 Å². The van der Waals surface area contributed by atoms with Crippen molar-refractivity contribution in [2.75, 3.05) is 25.2 Å². The first-order chi connectivity index (χ1) is 9.69. The van der Waals surface area contributed by atoms with E-state index >= 15 is 0 Å². The molecule has 0 aromatic heterocycles. The number of benzene rings is 1. The van der Waals surface area contributed by atoms with E-state index in [0.717, 1.165) is 23.5 Å². The Morgan fingerprint density at radius 2 is 2.20 bits per heavy atom. The van der Waals surface area contributed by atoms with E-state index in [1.54, 1.807) is 11.8 Å². The largest absolute Gasteiger partial charge is 0.494 e. The van der Waals surface area contributed by atoms with Gasteiger partial charge in [0.15, 0.2) is 0 Å². The van der Waals surface area contributed by atoms with E-state index in [-0.39, 0.29) is 5.91 Å². The molecule has 0 fully saturated rings. The van der Waals surface area contributed by atoms with Gasteiger partial charge in [-0.3, -0.25) is 4.79 Å². The molecule has 5 heteroatoms. The van der Waals surface area contributed by atoms with E-state index in [1.165, 1.54) is 0 Å². The minimum absolute atomic E-state index is 0.0760. The standard InChI is InChI=1S/C15H24N2O2S/c1-3-19-14-7-5-4-6-12(14)8-10-17-15(18)13(16)9-11-20-2/h4-7,13H,3,8-11,16H2,1-2H3,(H,17,18)/t13-/m0/s1. The smallest absolute Gasteiger partial charge is 0.236 e. The van der Waals surface area contributed by atoms with Crippen LogP contribution in [0.5, 0.6) is 5.75 Å². The number of thioether (sulfide) groups is 1. The quantitative estimate of drug-likeness (QED) is 0.729. The fourth-order valence-electron chi connectivity index (χ4n) is 1.83. The molecule has 1 aromatic rings. The number of ether oxygens (including phenoxy) is 1. The lowest BCUT2D eigenvalue weighted by atomic mass is 10.1. The molecule has 1 amide bonds. The molecule has 0 radical (unpaired) electrons. The number of hydrogen-bond acceptors (Lipinski definition) is 4. The van der Waals surface area contributed by atoms with Gasteiger partial charge in [0.1, 0.15) is 5.75 Å². The van der Waals surface area contributed by atoms with Crippen LogP contribution >= 0.6 is 11.8 Å². The second-order valence-electron chi connectivity index (χ2n) is 4.47. The topological polar surface area (TPSA) is 64.3 Å². The van der Waals surface area contributed by atoms with E-state index < -0.39 is 6.04 Å². The Bertz CT molecular complexity index is 413. The number of hydrogen-bond donors (Lipinski definition) is 2. The van der Waals surface area contributed by atoms with Crippen LogP contribution in [0.1, 0.15) is 18.9 Å². The van der Waals surface area contributed by atoms with Gasteiger partial charge in [0.2, 0.25) is 5.91 Å². The van der Waals surface area contributed by atoms with Crippen molar-refractivity contribution in [3.8, 4) is 5.75 Å². The molecule has 0 heterocycles. The molecular weight excluding hydrogens is 272 g/mol. The average Bonchev–Trinajstić information content (AvgIpc) is 2.46. The highest BCUT2D eigenvalue weighted by Crippen LogP contribution is 2.17. The van der Waals surface area contributed by atoms with Crippen LogP contribution in [-0.4, -0.2) is 37.1 Å². The van der Waals surface area contributed by atoms with Crippen LogP contribution in [0, 0.1) is 0 Å². The van der Waals surface area contributed by atoms with Gasteiger partial charge in [0, 0.05) is 6.54 Å². The highest BCUT2D eigenvalue weighted by molar-refractivity contribution is 7.98. The van der Waals surface area contributed by atoms with Crippen molar-refractivity contribution in [2.24, 2.45) is 5.73 Å². The summed E-state index contributed by atoms with van der Waals surface area (Å²) in [6.07, 6.45) is 3.47. The average molecular weight is 296 g/mol. The summed E-state index contributed by atoms with van der Waals surface area (Å²) in [5, 5.41) is 2.88. The van der Waals surface area contributed by atoms with E-state index in [1.807, 2.05) is 37.4 Å². The van der Waals surface area contributed by atoms with Gasteiger partial charge in [-0.1, -0.05) is 18.2 Å². The molecule has 1 rings (SSSR count). The van der Waals surface area contributed by atoms with Crippen LogP contribution in [-0.2, 0) is 11.2 Å². The number of amides is 1. The Hall–Kier alpha value is -1.20. The molecule has 3 N–H and O–H groups in total. The van der Waals surface area contributed by atoms with Gasteiger partial charge in [-0.25, -0.2) is 0 Å². The molecule has 4 nitrogen and oxygen atoms in total. The SMILES string of the molecule is CCOc1ccccc1CCNC(=O)[C@@H](N)CCSC. The second-order valence-corrected chi connectivity index (χ2v) is 5.46. The predicted molar refractivity (Wildman–Crippen MR) is 85.3 cm³/mol.